The molecule has 0 spiro atoms. The molecule has 6 unspecified atom stereocenters. The fourth-order valence-corrected chi connectivity index (χ4v) is 4.31. The number of quaternary nitrogens is 1. The van der Waals surface area contributed by atoms with E-state index >= 15 is 0 Å². The third kappa shape index (κ3) is 4.38. The van der Waals surface area contributed by atoms with Crippen LogP contribution in [0, 0.1) is 0 Å². The van der Waals surface area contributed by atoms with E-state index in [1.165, 1.54) is 0 Å². The van der Waals surface area contributed by atoms with Crippen molar-refractivity contribution in [2.75, 3.05) is 26.8 Å². The topological polar surface area (TPSA) is 59.0 Å². The molecule has 0 radical (unpaired) electrons. The molecule has 2 aliphatic heterocycles. The Morgan fingerprint density at radius 1 is 1.41 bits per heavy atom. The number of hydrogen-bond donors (Lipinski definition) is 1. The number of nitrogens with zero attached hydrogens (tertiary/aromatic N) is 2. The maximum atomic E-state index is 12.8. The molecule has 2 heterocycles. The van der Waals surface area contributed by atoms with Crippen LogP contribution in [0.2, 0.25) is 0 Å². The van der Waals surface area contributed by atoms with Gasteiger partial charge < -0.3 is 14.6 Å². The van der Waals surface area contributed by atoms with Gasteiger partial charge in [-0.2, -0.15) is 0 Å². The van der Waals surface area contributed by atoms with Crippen LogP contribution in [-0.4, -0.2) is 66.0 Å². The zero-order valence-corrected chi connectivity index (χ0v) is 18.1. The highest BCUT2D eigenvalue weighted by molar-refractivity contribution is 8.93. The van der Waals surface area contributed by atoms with Gasteiger partial charge in [0.15, 0.2) is 6.23 Å². The number of benzene rings is 1. The van der Waals surface area contributed by atoms with Gasteiger partial charge >= 0.3 is 5.97 Å². The Kier molecular flexibility index (Phi) is 7.83. The molecule has 1 N–H and O–H groups in total. The van der Waals surface area contributed by atoms with Gasteiger partial charge in [-0.25, -0.2) is 4.59 Å². The molecule has 0 aliphatic carbocycles. The van der Waals surface area contributed by atoms with Crippen LogP contribution < -0.4 is 0 Å². The number of aliphatic hydroxyl groups excluding tert-OH is 1. The minimum Gasteiger partial charge on any atom is -0.440 e. The smallest absolute Gasteiger partial charge is 0.317 e. The van der Waals surface area contributed by atoms with Crippen LogP contribution in [-0.2, 0) is 14.3 Å². The van der Waals surface area contributed by atoms with Gasteiger partial charge in [-0.15, -0.1) is 17.0 Å². The van der Waals surface area contributed by atoms with E-state index in [0.29, 0.717) is 12.6 Å². The summed E-state index contributed by atoms with van der Waals surface area (Å²) in [7, 11) is 2.22. The van der Waals surface area contributed by atoms with Gasteiger partial charge in [-0.3, -0.25) is 4.79 Å². The van der Waals surface area contributed by atoms with Gasteiger partial charge in [-0.05, 0) is 18.9 Å². The summed E-state index contributed by atoms with van der Waals surface area (Å²) in [5, 5.41) is 11.9. The van der Waals surface area contributed by atoms with Crippen molar-refractivity contribution in [3.05, 3.63) is 35.9 Å². The van der Waals surface area contributed by atoms with Crippen molar-refractivity contribution >= 4 is 23.0 Å². The molecular formula is C20H32BrN2O4+. The van der Waals surface area contributed by atoms with Crippen LogP contribution in [0.5, 0.6) is 0 Å². The van der Waals surface area contributed by atoms with Gasteiger partial charge in [-0.1, -0.05) is 48.7 Å². The minimum absolute atomic E-state index is 0. The maximum Gasteiger partial charge on any atom is 0.317 e. The summed E-state index contributed by atoms with van der Waals surface area (Å²) in [5.41, 5.74) is 0.781. The number of halogens is 1. The first-order valence-corrected chi connectivity index (χ1v) is 9.63. The van der Waals surface area contributed by atoms with Crippen LogP contribution in [0.4, 0.5) is 0 Å². The zero-order chi connectivity index (χ0) is 18.7. The normalized spacial score (nSPS) is 33.2. The van der Waals surface area contributed by atoms with Gasteiger partial charge in [0, 0.05) is 0 Å². The Morgan fingerprint density at radius 3 is 2.74 bits per heavy atom. The quantitative estimate of drug-likeness (QED) is 0.518. The lowest BCUT2D eigenvalue weighted by atomic mass is 10.0. The average Bonchev–Trinajstić information content (AvgIpc) is 2.78. The average molecular weight is 444 g/mol. The van der Waals surface area contributed by atoms with Crippen molar-refractivity contribution in [3.63, 3.8) is 0 Å². The number of carbonyl (C=O) groups is 1. The molecule has 27 heavy (non-hydrogen) atoms. The molecule has 0 amide bonds. The van der Waals surface area contributed by atoms with Crippen LogP contribution in [0.15, 0.2) is 30.3 Å². The number of unbranched alkanes of at least 4 members (excludes halogenated alkanes) is 1. The van der Waals surface area contributed by atoms with E-state index in [1.54, 1.807) is 0 Å². The third-order valence-electron chi connectivity index (χ3n) is 5.87. The Labute approximate surface area is 172 Å². The molecule has 6 atom stereocenters. The predicted molar refractivity (Wildman–Crippen MR) is 108 cm³/mol. The summed E-state index contributed by atoms with van der Waals surface area (Å²) in [6.07, 6.45) is 2.61. The van der Waals surface area contributed by atoms with E-state index in [9.17, 15) is 9.90 Å². The van der Waals surface area contributed by atoms with E-state index in [1.807, 2.05) is 37.3 Å². The van der Waals surface area contributed by atoms with E-state index < -0.39 is 5.92 Å². The molecule has 0 aromatic heterocycles. The van der Waals surface area contributed by atoms with Crippen LogP contribution in [0.1, 0.15) is 44.6 Å². The summed E-state index contributed by atoms with van der Waals surface area (Å²) in [5.74, 6) is -1.02. The Morgan fingerprint density at radius 2 is 2.11 bits per heavy atom. The third-order valence-corrected chi connectivity index (χ3v) is 5.87. The zero-order valence-electron chi connectivity index (χ0n) is 16.4. The second-order valence-corrected chi connectivity index (χ2v) is 7.53. The van der Waals surface area contributed by atoms with E-state index in [2.05, 4.69) is 19.0 Å². The first-order valence-electron chi connectivity index (χ1n) is 9.63. The fraction of sp³-hybridized carbons (Fsp3) is 0.650. The Hall–Kier alpha value is -0.990. The molecule has 6 nitrogen and oxygen atoms in total. The van der Waals surface area contributed by atoms with Crippen molar-refractivity contribution < 1.29 is 24.0 Å². The number of hydrogen-bond acceptors (Lipinski definition) is 5. The van der Waals surface area contributed by atoms with Crippen molar-refractivity contribution in [1.82, 2.24) is 5.01 Å². The molecule has 7 heteroatoms. The number of carbonyl (C=O) groups excluding carboxylic acids is 1. The molecule has 2 fully saturated rings. The van der Waals surface area contributed by atoms with Crippen molar-refractivity contribution in [2.24, 2.45) is 0 Å². The van der Waals surface area contributed by atoms with Crippen molar-refractivity contribution in [3.8, 4) is 0 Å². The van der Waals surface area contributed by atoms with Crippen molar-refractivity contribution in [2.45, 2.75) is 57.5 Å². The molecule has 2 saturated heterocycles. The monoisotopic (exact) mass is 443 g/mol. The first kappa shape index (κ1) is 22.3. The van der Waals surface area contributed by atoms with E-state index in [4.69, 9.17) is 9.47 Å². The number of rotatable bonds is 7. The van der Waals surface area contributed by atoms with Crippen LogP contribution in [0.3, 0.4) is 0 Å². The maximum absolute atomic E-state index is 12.8. The molecule has 1 aromatic carbocycles. The molecule has 2 bridgehead atoms. The molecular weight excluding hydrogens is 412 g/mol. The highest BCUT2D eigenvalue weighted by Crippen LogP contribution is 2.39. The molecule has 152 valence electrons. The number of likely N-dealkylation sites (N-methyl/N-ethyl adjacent to an activating group) is 1. The number of esters is 1. The highest BCUT2D eigenvalue weighted by Gasteiger charge is 2.58. The number of aliphatic hydroxyl groups is 1. The standard InChI is InChI=1S/C20H31N2O4.BrH/c1-4-5-11-22(3)17-12-19(21(22)15(2)25-14-17)26-20(24)18(13-23)16-9-7-6-8-10-16;/h6-10,15,17-19,23H,4-5,11-14H2,1-3H3;1H/q+1;. The minimum atomic E-state index is -0.650. The lowest BCUT2D eigenvalue weighted by Crippen LogP contribution is -2.66. The second-order valence-electron chi connectivity index (χ2n) is 7.53. The predicted octanol–water partition coefficient (Wildman–Crippen LogP) is 2.82. The summed E-state index contributed by atoms with van der Waals surface area (Å²) < 4.78 is 12.6. The summed E-state index contributed by atoms with van der Waals surface area (Å²) >= 11 is 0. The molecule has 1 aromatic rings. The Balaban J connectivity index is 0.00000261. The lowest BCUT2D eigenvalue weighted by Gasteiger charge is -2.47. The summed E-state index contributed by atoms with van der Waals surface area (Å²) in [6, 6.07) is 9.63. The van der Waals surface area contributed by atoms with Gasteiger partial charge in [0.2, 0.25) is 6.23 Å². The first-order chi connectivity index (χ1) is 12.5. The lowest BCUT2D eigenvalue weighted by molar-refractivity contribution is -1.04. The van der Waals surface area contributed by atoms with E-state index in [-0.39, 0.29) is 42.0 Å². The van der Waals surface area contributed by atoms with Crippen LogP contribution >= 0.6 is 17.0 Å². The number of ether oxygens (including phenoxy) is 2. The summed E-state index contributed by atoms with van der Waals surface area (Å²) in [4.78, 5) is 12.8. The largest absolute Gasteiger partial charge is 0.440 e. The van der Waals surface area contributed by atoms with Crippen molar-refractivity contribution in [1.29, 1.82) is 0 Å². The Bertz CT molecular complexity index is 617. The van der Waals surface area contributed by atoms with Gasteiger partial charge in [0.25, 0.3) is 0 Å². The van der Waals surface area contributed by atoms with Crippen LogP contribution in [0.25, 0.3) is 0 Å². The highest BCUT2D eigenvalue weighted by atomic mass is 79.9. The SMILES string of the molecule is Br.CCCC[N+]1(C)C2COC(C)N1C(OC(=O)C(CO)c1ccccc1)C2. The summed E-state index contributed by atoms with van der Waals surface area (Å²) in [6.45, 7) is 5.66. The van der Waals surface area contributed by atoms with E-state index in [0.717, 1.165) is 36.0 Å². The van der Waals surface area contributed by atoms with Gasteiger partial charge in [0.1, 0.15) is 18.6 Å². The molecule has 0 saturated carbocycles. The van der Waals surface area contributed by atoms with Gasteiger partial charge in [0.05, 0.1) is 26.6 Å². The number of fused-ring (bicyclic) bond motifs is 2. The second kappa shape index (κ2) is 9.47. The fourth-order valence-electron chi connectivity index (χ4n) is 4.31. The molecule has 3 rings (SSSR count). The molecule has 2 aliphatic rings.